The smallest absolute Gasteiger partial charge is 0.208 e. The molecule has 0 radical (unpaired) electrons. The van der Waals surface area contributed by atoms with Crippen molar-refractivity contribution >= 4 is 32.9 Å². The second-order valence-corrected chi connectivity index (χ2v) is 4.33. The Balaban J connectivity index is 2.36. The van der Waals surface area contributed by atoms with Gasteiger partial charge in [-0.05, 0) is 26.0 Å². The summed E-state index contributed by atoms with van der Waals surface area (Å²) in [6.45, 7) is 4.28. The molecule has 1 aromatic carbocycles. The molecule has 86 valence electrons. The Hall–Kier alpha value is -1.86. The minimum absolute atomic E-state index is 0.570. The molecule has 0 aliphatic carbocycles. The first-order valence-electron chi connectivity index (χ1n) is 5.36. The van der Waals surface area contributed by atoms with Crippen LogP contribution in [0, 0.1) is 11.8 Å². The number of thiazole rings is 1. The van der Waals surface area contributed by atoms with Crippen LogP contribution in [0.5, 0.6) is 0 Å². The van der Waals surface area contributed by atoms with Gasteiger partial charge in [-0.3, -0.25) is 0 Å². The molecule has 0 saturated carbocycles. The van der Waals surface area contributed by atoms with E-state index < -0.39 is 0 Å². The molecule has 4 heteroatoms. The molecule has 2 aromatic rings. The summed E-state index contributed by atoms with van der Waals surface area (Å²) in [5, 5.41) is 6.98. The van der Waals surface area contributed by atoms with Crippen molar-refractivity contribution in [2.75, 3.05) is 11.6 Å². The predicted molar refractivity (Wildman–Crippen MR) is 74.6 cm³/mol. The van der Waals surface area contributed by atoms with Crippen LogP contribution in [0.1, 0.15) is 13.8 Å². The maximum atomic E-state index is 4.55. The van der Waals surface area contributed by atoms with Gasteiger partial charge in [0.1, 0.15) is 6.54 Å². The van der Waals surface area contributed by atoms with Crippen LogP contribution in [0.3, 0.4) is 0 Å². The molecule has 1 heterocycles. The van der Waals surface area contributed by atoms with Gasteiger partial charge in [0.15, 0.2) is 0 Å². The van der Waals surface area contributed by atoms with Gasteiger partial charge in [0.05, 0.1) is 10.2 Å². The van der Waals surface area contributed by atoms with Gasteiger partial charge in [-0.1, -0.05) is 29.4 Å². The van der Waals surface area contributed by atoms with Crippen LogP contribution in [0.4, 0.5) is 5.13 Å². The van der Waals surface area contributed by atoms with Crippen LogP contribution < -0.4 is 5.01 Å². The van der Waals surface area contributed by atoms with Gasteiger partial charge in [-0.25, -0.2) is 9.99 Å². The Morgan fingerprint density at radius 3 is 3.00 bits per heavy atom. The fraction of sp³-hybridized carbons (Fsp3) is 0.231. The molecule has 0 bridgehead atoms. The molecule has 0 aliphatic rings. The normalized spacial score (nSPS) is 10.5. The highest BCUT2D eigenvalue weighted by atomic mass is 32.1. The topological polar surface area (TPSA) is 28.5 Å². The monoisotopic (exact) mass is 243 g/mol. The van der Waals surface area contributed by atoms with Gasteiger partial charge >= 0.3 is 0 Å². The Labute approximate surface area is 105 Å². The summed E-state index contributed by atoms with van der Waals surface area (Å²) in [6, 6.07) is 8.08. The number of hydrogen-bond acceptors (Lipinski definition) is 4. The quantitative estimate of drug-likeness (QED) is 0.471. The van der Waals surface area contributed by atoms with Crippen molar-refractivity contribution in [1.29, 1.82) is 0 Å². The Morgan fingerprint density at radius 1 is 1.47 bits per heavy atom. The number of rotatable bonds is 3. The zero-order valence-electron chi connectivity index (χ0n) is 9.84. The molecular weight excluding hydrogens is 230 g/mol. The van der Waals surface area contributed by atoms with Gasteiger partial charge in [0.25, 0.3) is 0 Å². The van der Waals surface area contributed by atoms with E-state index in [1.165, 1.54) is 4.70 Å². The molecule has 2 rings (SSSR count). The average molecular weight is 243 g/mol. The van der Waals surface area contributed by atoms with Gasteiger partial charge in [-0.15, -0.1) is 5.92 Å². The molecule has 0 fully saturated rings. The lowest BCUT2D eigenvalue weighted by atomic mass is 10.3. The number of benzene rings is 1. The lowest BCUT2D eigenvalue weighted by Crippen LogP contribution is -2.16. The molecule has 3 nitrogen and oxygen atoms in total. The van der Waals surface area contributed by atoms with Crippen molar-refractivity contribution in [3.05, 3.63) is 24.3 Å². The molecule has 0 atom stereocenters. The van der Waals surface area contributed by atoms with Crippen LogP contribution in [0.2, 0.25) is 0 Å². The van der Waals surface area contributed by atoms with Crippen LogP contribution in [-0.4, -0.2) is 17.7 Å². The van der Waals surface area contributed by atoms with E-state index in [4.69, 9.17) is 0 Å². The number of para-hydroxylation sites is 1. The molecular formula is C13H13N3S. The van der Waals surface area contributed by atoms with Crippen LogP contribution >= 0.6 is 11.3 Å². The summed E-state index contributed by atoms with van der Waals surface area (Å²) in [7, 11) is 0. The first-order chi connectivity index (χ1) is 8.35. The molecule has 0 aliphatic heterocycles. The molecule has 1 aromatic heterocycles. The summed E-state index contributed by atoms with van der Waals surface area (Å²) in [5.41, 5.74) is 1.01. The minimum Gasteiger partial charge on any atom is -0.227 e. The Kier molecular flexibility index (Phi) is 3.73. The largest absolute Gasteiger partial charge is 0.227 e. The number of aromatic nitrogens is 1. The van der Waals surface area contributed by atoms with E-state index in [-0.39, 0.29) is 0 Å². The molecule has 0 N–H and O–H groups in total. The third kappa shape index (κ3) is 2.63. The lowest BCUT2D eigenvalue weighted by Gasteiger charge is -2.10. The van der Waals surface area contributed by atoms with Crippen molar-refractivity contribution in [2.45, 2.75) is 13.8 Å². The fourth-order valence-electron chi connectivity index (χ4n) is 1.42. The number of hydrazone groups is 1. The zero-order valence-corrected chi connectivity index (χ0v) is 10.7. The van der Waals surface area contributed by atoms with Crippen molar-refractivity contribution in [2.24, 2.45) is 5.10 Å². The fourth-order valence-corrected chi connectivity index (χ4v) is 2.34. The first-order valence-corrected chi connectivity index (χ1v) is 6.18. The molecule has 0 saturated heterocycles. The Morgan fingerprint density at radius 2 is 2.29 bits per heavy atom. The maximum absolute atomic E-state index is 4.55. The van der Waals surface area contributed by atoms with E-state index in [9.17, 15) is 0 Å². The van der Waals surface area contributed by atoms with E-state index in [0.29, 0.717) is 6.54 Å². The highest BCUT2D eigenvalue weighted by Gasteiger charge is 2.09. The zero-order chi connectivity index (χ0) is 12.1. The maximum Gasteiger partial charge on any atom is 0.208 e. The second-order valence-electron chi connectivity index (χ2n) is 3.32. The number of nitrogens with zero attached hydrogens (tertiary/aromatic N) is 3. The van der Waals surface area contributed by atoms with Crippen LogP contribution in [-0.2, 0) is 0 Å². The van der Waals surface area contributed by atoms with Crippen LogP contribution in [0.15, 0.2) is 29.4 Å². The highest BCUT2D eigenvalue weighted by molar-refractivity contribution is 7.22. The molecule has 17 heavy (non-hydrogen) atoms. The van der Waals surface area contributed by atoms with Crippen LogP contribution in [0.25, 0.3) is 10.2 Å². The van der Waals surface area contributed by atoms with E-state index in [2.05, 4.69) is 28.0 Å². The average Bonchev–Trinajstić information content (AvgIpc) is 2.78. The SMILES string of the molecule is CC#CCN(/N=C/C)c1nc2ccccc2s1. The summed E-state index contributed by atoms with van der Waals surface area (Å²) in [4.78, 5) is 4.55. The summed E-state index contributed by atoms with van der Waals surface area (Å²) in [6.07, 6.45) is 1.75. The van der Waals surface area contributed by atoms with Gasteiger partial charge in [0, 0.05) is 6.21 Å². The summed E-state index contributed by atoms with van der Waals surface area (Å²) < 4.78 is 1.17. The second kappa shape index (κ2) is 5.46. The summed E-state index contributed by atoms with van der Waals surface area (Å²) in [5.74, 6) is 5.88. The predicted octanol–water partition coefficient (Wildman–Crippen LogP) is 3.13. The third-order valence-electron chi connectivity index (χ3n) is 2.16. The van der Waals surface area contributed by atoms with Crippen molar-refractivity contribution in [1.82, 2.24) is 4.98 Å². The van der Waals surface area contributed by atoms with Crippen molar-refractivity contribution in [3.8, 4) is 11.8 Å². The first kappa shape index (κ1) is 11.6. The van der Waals surface area contributed by atoms with E-state index in [1.54, 1.807) is 17.6 Å². The molecule has 0 amide bonds. The van der Waals surface area contributed by atoms with Crippen molar-refractivity contribution in [3.63, 3.8) is 0 Å². The summed E-state index contributed by atoms with van der Waals surface area (Å²) >= 11 is 1.63. The van der Waals surface area contributed by atoms with Gasteiger partial charge in [0.2, 0.25) is 5.13 Å². The third-order valence-corrected chi connectivity index (χ3v) is 3.21. The van der Waals surface area contributed by atoms with Crippen molar-refractivity contribution < 1.29 is 0 Å². The molecule has 0 spiro atoms. The highest BCUT2D eigenvalue weighted by Crippen LogP contribution is 2.28. The van der Waals surface area contributed by atoms with E-state index in [0.717, 1.165) is 10.6 Å². The van der Waals surface area contributed by atoms with E-state index >= 15 is 0 Å². The number of anilines is 1. The standard InChI is InChI=1S/C13H13N3S/c1-3-5-10-16(14-4-2)13-15-11-8-6-7-9-12(11)17-13/h4,6-9H,10H2,1-2H3/b14-4+. The number of fused-ring (bicyclic) bond motifs is 1. The Bertz CT molecular complexity index is 556. The molecule has 0 unspecified atom stereocenters. The lowest BCUT2D eigenvalue weighted by molar-refractivity contribution is 0.952. The number of hydrogen-bond donors (Lipinski definition) is 0. The minimum atomic E-state index is 0.570. The van der Waals surface area contributed by atoms with Gasteiger partial charge < -0.3 is 0 Å². The van der Waals surface area contributed by atoms with Gasteiger partial charge in [-0.2, -0.15) is 5.10 Å². The van der Waals surface area contributed by atoms with E-state index in [1.807, 2.05) is 37.1 Å².